The van der Waals surface area contributed by atoms with Crippen molar-refractivity contribution in [3.8, 4) is 5.75 Å². The van der Waals surface area contributed by atoms with Crippen LogP contribution in [0.2, 0.25) is 0 Å². The fraction of sp³-hybridized carbons (Fsp3) is 0.316. The van der Waals surface area contributed by atoms with Crippen molar-refractivity contribution in [3.05, 3.63) is 54.1 Å². The summed E-state index contributed by atoms with van der Waals surface area (Å²) in [7, 11) is 0. The van der Waals surface area contributed by atoms with Crippen LogP contribution in [0.1, 0.15) is 10.4 Å². The highest BCUT2D eigenvalue weighted by atomic mass is 16.3. The number of primary amides is 1. The monoisotopic (exact) mass is 340 g/mol. The Bertz CT molecular complexity index is 713. The SMILES string of the molecule is NC(=O)c1cc(O)ccc1NCCN1CCN(c2ccccc2)CC1. The molecule has 0 spiro atoms. The molecule has 25 heavy (non-hydrogen) atoms. The number of phenolic OH excluding ortho intramolecular Hbond substituents is 1. The fourth-order valence-electron chi connectivity index (χ4n) is 3.11. The van der Waals surface area contributed by atoms with Crippen LogP contribution < -0.4 is 16.0 Å². The van der Waals surface area contributed by atoms with Gasteiger partial charge in [-0.1, -0.05) is 18.2 Å². The number of anilines is 2. The first kappa shape index (κ1) is 17.1. The number of hydrogen-bond acceptors (Lipinski definition) is 5. The van der Waals surface area contributed by atoms with Crippen LogP contribution in [0.3, 0.4) is 0 Å². The summed E-state index contributed by atoms with van der Waals surface area (Å²) in [5.74, 6) is -0.508. The molecule has 6 heteroatoms. The molecular formula is C19H24N4O2. The average Bonchev–Trinajstić information content (AvgIpc) is 2.64. The number of carbonyl (C=O) groups excluding carboxylic acids is 1. The molecule has 4 N–H and O–H groups in total. The van der Waals surface area contributed by atoms with Crippen molar-refractivity contribution in [2.24, 2.45) is 5.73 Å². The molecule has 0 radical (unpaired) electrons. The molecule has 1 fully saturated rings. The Balaban J connectivity index is 1.47. The number of aromatic hydroxyl groups is 1. The number of nitrogens with two attached hydrogens (primary N) is 1. The Morgan fingerprint density at radius 1 is 1.08 bits per heavy atom. The lowest BCUT2D eigenvalue weighted by Gasteiger charge is -2.36. The van der Waals surface area contributed by atoms with Crippen molar-refractivity contribution in [2.75, 3.05) is 49.5 Å². The topological polar surface area (TPSA) is 81.8 Å². The minimum absolute atomic E-state index is 0.0383. The van der Waals surface area contributed by atoms with E-state index in [4.69, 9.17) is 5.73 Å². The van der Waals surface area contributed by atoms with Crippen LogP contribution >= 0.6 is 0 Å². The van der Waals surface area contributed by atoms with Gasteiger partial charge in [0.1, 0.15) is 5.75 Å². The lowest BCUT2D eigenvalue weighted by molar-refractivity contribution is 0.100. The molecule has 1 aliphatic rings. The summed E-state index contributed by atoms with van der Waals surface area (Å²) in [6, 6.07) is 15.1. The molecule has 3 rings (SSSR count). The Hall–Kier alpha value is -2.73. The molecule has 2 aromatic carbocycles. The van der Waals surface area contributed by atoms with E-state index in [1.54, 1.807) is 12.1 Å². The molecule has 2 aromatic rings. The number of phenols is 1. The fourth-order valence-corrected chi connectivity index (χ4v) is 3.11. The van der Waals surface area contributed by atoms with Crippen LogP contribution in [0.5, 0.6) is 5.75 Å². The number of para-hydroxylation sites is 1. The lowest BCUT2D eigenvalue weighted by Crippen LogP contribution is -2.47. The molecule has 132 valence electrons. The molecule has 1 aliphatic heterocycles. The van der Waals surface area contributed by atoms with E-state index in [1.807, 2.05) is 6.07 Å². The van der Waals surface area contributed by atoms with Crippen molar-refractivity contribution in [1.29, 1.82) is 0 Å². The van der Waals surface area contributed by atoms with E-state index in [-0.39, 0.29) is 5.75 Å². The van der Waals surface area contributed by atoms with Gasteiger partial charge in [-0.25, -0.2) is 0 Å². The van der Waals surface area contributed by atoms with Crippen LogP contribution in [0.15, 0.2) is 48.5 Å². The number of piperazine rings is 1. The van der Waals surface area contributed by atoms with Gasteiger partial charge in [-0.15, -0.1) is 0 Å². The molecular weight excluding hydrogens is 316 g/mol. The second-order valence-corrected chi connectivity index (χ2v) is 6.19. The van der Waals surface area contributed by atoms with Gasteiger partial charge in [0, 0.05) is 50.6 Å². The van der Waals surface area contributed by atoms with Gasteiger partial charge in [0.25, 0.3) is 5.91 Å². The summed E-state index contributed by atoms with van der Waals surface area (Å²) in [5.41, 5.74) is 7.61. The van der Waals surface area contributed by atoms with Crippen molar-refractivity contribution < 1.29 is 9.90 Å². The molecule has 1 saturated heterocycles. The van der Waals surface area contributed by atoms with Gasteiger partial charge in [0.05, 0.1) is 5.56 Å². The van der Waals surface area contributed by atoms with Crippen LogP contribution in [-0.4, -0.2) is 55.2 Å². The minimum Gasteiger partial charge on any atom is -0.508 e. The third-order valence-electron chi connectivity index (χ3n) is 4.51. The highest BCUT2D eigenvalue weighted by Crippen LogP contribution is 2.21. The molecule has 0 unspecified atom stereocenters. The third-order valence-corrected chi connectivity index (χ3v) is 4.51. The van der Waals surface area contributed by atoms with E-state index in [9.17, 15) is 9.90 Å². The van der Waals surface area contributed by atoms with E-state index >= 15 is 0 Å². The van der Waals surface area contributed by atoms with Crippen LogP contribution in [0.25, 0.3) is 0 Å². The number of hydrogen-bond donors (Lipinski definition) is 3. The van der Waals surface area contributed by atoms with Crippen molar-refractivity contribution in [1.82, 2.24) is 4.90 Å². The number of nitrogens with one attached hydrogen (secondary N) is 1. The van der Waals surface area contributed by atoms with E-state index < -0.39 is 5.91 Å². The van der Waals surface area contributed by atoms with Crippen molar-refractivity contribution in [2.45, 2.75) is 0 Å². The molecule has 1 heterocycles. The van der Waals surface area contributed by atoms with Gasteiger partial charge in [-0.3, -0.25) is 9.69 Å². The standard InChI is InChI=1S/C19H24N4O2/c20-19(25)17-14-16(24)6-7-18(17)21-8-9-22-10-12-23(13-11-22)15-4-2-1-3-5-15/h1-7,14,21,24H,8-13H2,(H2,20,25). The maximum absolute atomic E-state index is 11.5. The van der Waals surface area contributed by atoms with Crippen LogP contribution in [-0.2, 0) is 0 Å². The average molecular weight is 340 g/mol. The number of nitrogens with zero attached hydrogens (tertiary/aromatic N) is 2. The molecule has 0 aliphatic carbocycles. The van der Waals surface area contributed by atoms with Gasteiger partial charge in [0.2, 0.25) is 0 Å². The van der Waals surface area contributed by atoms with E-state index in [1.165, 1.54) is 11.8 Å². The smallest absolute Gasteiger partial charge is 0.250 e. The number of amides is 1. The predicted molar refractivity (Wildman–Crippen MR) is 100 cm³/mol. The van der Waals surface area contributed by atoms with E-state index in [0.717, 1.165) is 39.3 Å². The second-order valence-electron chi connectivity index (χ2n) is 6.19. The van der Waals surface area contributed by atoms with Crippen LogP contribution in [0, 0.1) is 0 Å². The summed E-state index contributed by atoms with van der Waals surface area (Å²) in [4.78, 5) is 16.3. The summed E-state index contributed by atoms with van der Waals surface area (Å²) in [6.07, 6.45) is 0. The number of benzene rings is 2. The quantitative estimate of drug-likeness (QED) is 0.698. The molecule has 0 bridgehead atoms. The van der Waals surface area contributed by atoms with Gasteiger partial charge < -0.3 is 21.1 Å². The van der Waals surface area contributed by atoms with Crippen molar-refractivity contribution >= 4 is 17.3 Å². The molecule has 1 amide bonds. The van der Waals surface area contributed by atoms with Crippen LogP contribution in [0.4, 0.5) is 11.4 Å². The highest BCUT2D eigenvalue weighted by Gasteiger charge is 2.17. The summed E-state index contributed by atoms with van der Waals surface area (Å²) in [5, 5.41) is 12.7. The Kier molecular flexibility index (Phi) is 5.40. The molecule has 0 aromatic heterocycles. The zero-order valence-electron chi connectivity index (χ0n) is 14.2. The first-order valence-electron chi connectivity index (χ1n) is 8.52. The van der Waals surface area contributed by atoms with E-state index in [2.05, 4.69) is 39.4 Å². The second kappa shape index (κ2) is 7.90. The zero-order chi connectivity index (χ0) is 17.6. The summed E-state index contributed by atoms with van der Waals surface area (Å²) < 4.78 is 0. The maximum atomic E-state index is 11.5. The molecule has 0 atom stereocenters. The van der Waals surface area contributed by atoms with Gasteiger partial charge >= 0.3 is 0 Å². The molecule has 6 nitrogen and oxygen atoms in total. The van der Waals surface area contributed by atoms with Gasteiger partial charge in [-0.05, 0) is 30.3 Å². The highest BCUT2D eigenvalue weighted by molar-refractivity contribution is 5.98. The van der Waals surface area contributed by atoms with Crippen molar-refractivity contribution in [3.63, 3.8) is 0 Å². The van der Waals surface area contributed by atoms with Gasteiger partial charge in [-0.2, -0.15) is 0 Å². The van der Waals surface area contributed by atoms with E-state index in [0.29, 0.717) is 11.3 Å². The normalized spacial score (nSPS) is 15.1. The largest absolute Gasteiger partial charge is 0.508 e. The first-order valence-corrected chi connectivity index (χ1v) is 8.52. The summed E-state index contributed by atoms with van der Waals surface area (Å²) >= 11 is 0. The summed E-state index contributed by atoms with van der Waals surface area (Å²) in [6.45, 7) is 5.65. The number of carbonyl (C=O) groups is 1. The number of rotatable bonds is 6. The van der Waals surface area contributed by atoms with Gasteiger partial charge in [0.15, 0.2) is 0 Å². The maximum Gasteiger partial charge on any atom is 0.250 e. The minimum atomic E-state index is -0.546. The Morgan fingerprint density at radius 3 is 2.48 bits per heavy atom. The zero-order valence-corrected chi connectivity index (χ0v) is 14.2. The third kappa shape index (κ3) is 4.42. The molecule has 0 saturated carbocycles. The predicted octanol–water partition coefficient (Wildman–Crippen LogP) is 1.73. The Morgan fingerprint density at radius 2 is 1.80 bits per heavy atom. The lowest BCUT2D eigenvalue weighted by atomic mass is 10.1. The Labute approximate surface area is 147 Å². The first-order chi connectivity index (χ1) is 12.1.